The number of rotatable bonds is 3. The molecular formula is C51H31N3S. The third-order valence-corrected chi connectivity index (χ3v) is 12.8. The Morgan fingerprint density at radius 1 is 0.418 bits per heavy atom. The summed E-state index contributed by atoms with van der Waals surface area (Å²) in [6.07, 6.45) is 0. The van der Waals surface area contributed by atoms with Crippen molar-refractivity contribution in [3.05, 3.63) is 210 Å². The van der Waals surface area contributed by atoms with Crippen molar-refractivity contribution in [2.75, 3.05) is 0 Å². The van der Waals surface area contributed by atoms with Gasteiger partial charge in [0.15, 0.2) is 0 Å². The van der Waals surface area contributed by atoms with Crippen molar-refractivity contribution in [1.29, 1.82) is 0 Å². The molecule has 8 aromatic carbocycles. The molecule has 0 bridgehead atoms. The molecule has 1 spiro atoms. The molecule has 3 nitrogen and oxygen atoms in total. The lowest BCUT2D eigenvalue weighted by Crippen LogP contribution is -2.32. The van der Waals surface area contributed by atoms with E-state index in [1.807, 2.05) is 11.8 Å². The molecule has 2 aliphatic rings. The Bertz CT molecular complexity index is 3080. The first-order valence-electron chi connectivity index (χ1n) is 18.7. The highest BCUT2D eigenvalue weighted by Crippen LogP contribution is 2.62. The number of hydrogen-bond donors (Lipinski definition) is 0. The molecule has 0 unspecified atom stereocenters. The van der Waals surface area contributed by atoms with Gasteiger partial charge in [-0.05, 0) is 63.0 Å². The molecule has 0 fully saturated rings. The Balaban J connectivity index is 1.23. The van der Waals surface area contributed by atoms with Crippen LogP contribution in [0.2, 0.25) is 0 Å². The van der Waals surface area contributed by atoms with Crippen LogP contribution in [-0.2, 0) is 5.41 Å². The second-order valence-electron chi connectivity index (χ2n) is 14.5. The normalized spacial score (nSPS) is 13.5. The quantitative estimate of drug-likeness (QED) is 0.182. The van der Waals surface area contributed by atoms with E-state index in [4.69, 9.17) is 9.97 Å². The smallest absolute Gasteiger partial charge is 0.235 e. The highest BCUT2D eigenvalue weighted by molar-refractivity contribution is 7.99. The maximum absolute atomic E-state index is 5.40. The molecule has 4 heteroatoms. The predicted octanol–water partition coefficient (Wildman–Crippen LogP) is 12.9. The number of hydrogen-bond acceptors (Lipinski definition) is 3. The van der Waals surface area contributed by atoms with Crippen molar-refractivity contribution in [2.45, 2.75) is 15.2 Å². The lowest BCUT2D eigenvalue weighted by molar-refractivity contribution is 0.724. The number of nitrogens with zero attached hydrogens (tertiary/aromatic N) is 3. The molecule has 0 saturated heterocycles. The fraction of sp³-hybridized carbons (Fsp3) is 0.0196. The molecule has 3 heterocycles. The summed E-state index contributed by atoms with van der Waals surface area (Å²) in [6.45, 7) is 0. The summed E-state index contributed by atoms with van der Waals surface area (Å²) < 4.78 is 2.33. The van der Waals surface area contributed by atoms with Gasteiger partial charge in [-0.15, -0.1) is 0 Å². The van der Waals surface area contributed by atoms with E-state index < -0.39 is 5.41 Å². The van der Waals surface area contributed by atoms with Crippen molar-refractivity contribution in [2.24, 2.45) is 0 Å². The van der Waals surface area contributed by atoms with Crippen molar-refractivity contribution < 1.29 is 0 Å². The van der Waals surface area contributed by atoms with E-state index in [1.54, 1.807) is 0 Å². The molecule has 10 aromatic rings. The zero-order valence-corrected chi connectivity index (χ0v) is 30.5. The summed E-state index contributed by atoms with van der Waals surface area (Å²) in [7, 11) is 0. The fourth-order valence-corrected chi connectivity index (χ4v) is 10.6. The van der Waals surface area contributed by atoms with Crippen molar-refractivity contribution in [3.8, 4) is 39.6 Å². The monoisotopic (exact) mass is 717 g/mol. The van der Waals surface area contributed by atoms with Gasteiger partial charge in [-0.1, -0.05) is 176 Å². The maximum atomic E-state index is 5.40. The van der Waals surface area contributed by atoms with Crippen LogP contribution in [0.4, 0.5) is 0 Å². The van der Waals surface area contributed by atoms with Crippen LogP contribution < -0.4 is 0 Å². The van der Waals surface area contributed by atoms with E-state index >= 15 is 0 Å². The van der Waals surface area contributed by atoms with Crippen molar-refractivity contribution >= 4 is 44.3 Å². The first-order chi connectivity index (χ1) is 27.3. The lowest BCUT2D eigenvalue weighted by Gasteiger charge is -2.39. The molecule has 2 aromatic heterocycles. The van der Waals surface area contributed by atoms with E-state index in [2.05, 4.69) is 193 Å². The number of aromatic nitrogens is 3. The van der Waals surface area contributed by atoms with Gasteiger partial charge in [-0.25, -0.2) is 9.97 Å². The molecule has 0 saturated carbocycles. The van der Waals surface area contributed by atoms with Crippen molar-refractivity contribution in [3.63, 3.8) is 0 Å². The number of benzene rings is 8. The SMILES string of the molecule is c1ccc(-c2cc(-c3ccccc3)nc(-n3c4cc5c(cc4c4ccc6ccccc6c43)C3(c4ccccc4S5)c4ccccc4-c4ccccc43)n2)cc1. The zero-order chi connectivity index (χ0) is 36.1. The van der Waals surface area contributed by atoms with Crippen LogP contribution >= 0.6 is 11.8 Å². The molecule has 0 atom stereocenters. The highest BCUT2D eigenvalue weighted by Gasteiger charge is 2.50. The minimum absolute atomic E-state index is 0.464. The summed E-state index contributed by atoms with van der Waals surface area (Å²) in [6, 6.07) is 68.3. The van der Waals surface area contributed by atoms with Crippen LogP contribution in [0.15, 0.2) is 198 Å². The van der Waals surface area contributed by atoms with E-state index in [9.17, 15) is 0 Å². The molecule has 0 amide bonds. The standard InChI is InChI=1S/C51H31N3S/c1-3-16-33(17-4-1)44-30-45(34-18-5-2-6-19-34)53-50(52-44)54-46-31-48-43(29-39(46)38-28-27-32-15-7-8-20-35(32)49(38)54)51(42-25-13-14-26-47(42)55-48)40-23-11-9-21-36(40)37-22-10-12-24-41(37)51/h1-31H. The summed E-state index contributed by atoms with van der Waals surface area (Å²) >= 11 is 1.87. The zero-order valence-electron chi connectivity index (χ0n) is 29.6. The summed E-state index contributed by atoms with van der Waals surface area (Å²) in [5.74, 6) is 0.656. The van der Waals surface area contributed by atoms with Crippen LogP contribution in [-0.4, -0.2) is 14.5 Å². The first-order valence-corrected chi connectivity index (χ1v) is 19.6. The Labute approximate surface area is 322 Å². The van der Waals surface area contributed by atoms with Gasteiger partial charge in [-0.2, -0.15) is 0 Å². The average Bonchev–Trinajstić information content (AvgIpc) is 3.74. The molecule has 0 N–H and O–H groups in total. The topological polar surface area (TPSA) is 30.7 Å². The van der Waals surface area contributed by atoms with Crippen LogP contribution in [0.5, 0.6) is 0 Å². The van der Waals surface area contributed by atoms with Crippen LogP contribution in [0.1, 0.15) is 22.3 Å². The Morgan fingerprint density at radius 2 is 1.00 bits per heavy atom. The van der Waals surface area contributed by atoms with Gasteiger partial charge in [0.2, 0.25) is 5.95 Å². The summed E-state index contributed by atoms with van der Waals surface area (Å²) in [4.78, 5) is 13.3. The molecular weight excluding hydrogens is 687 g/mol. The van der Waals surface area contributed by atoms with Gasteiger partial charge < -0.3 is 0 Å². The van der Waals surface area contributed by atoms with E-state index in [0.717, 1.165) is 33.5 Å². The maximum Gasteiger partial charge on any atom is 0.235 e. The second-order valence-corrected chi connectivity index (χ2v) is 15.6. The van der Waals surface area contributed by atoms with E-state index in [0.29, 0.717) is 5.95 Å². The van der Waals surface area contributed by atoms with Crippen LogP contribution in [0.3, 0.4) is 0 Å². The van der Waals surface area contributed by atoms with Crippen LogP contribution in [0, 0.1) is 0 Å². The lowest BCUT2D eigenvalue weighted by atomic mass is 9.67. The van der Waals surface area contributed by atoms with E-state index in [1.165, 1.54) is 64.7 Å². The third-order valence-electron chi connectivity index (χ3n) is 11.7. The Kier molecular flexibility index (Phi) is 6.48. The fourth-order valence-electron chi connectivity index (χ4n) is 9.38. The molecule has 256 valence electrons. The van der Waals surface area contributed by atoms with Gasteiger partial charge in [0, 0.05) is 37.1 Å². The van der Waals surface area contributed by atoms with Gasteiger partial charge in [0.05, 0.1) is 27.8 Å². The molecule has 55 heavy (non-hydrogen) atoms. The summed E-state index contributed by atoms with van der Waals surface area (Å²) in [5.41, 5.74) is 13.6. The summed E-state index contributed by atoms with van der Waals surface area (Å²) in [5, 5.41) is 4.73. The van der Waals surface area contributed by atoms with E-state index in [-0.39, 0.29) is 0 Å². The molecule has 12 rings (SSSR count). The highest BCUT2D eigenvalue weighted by atomic mass is 32.2. The molecule has 1 aliphatic carbocycles. The molecule has 1 aliphatic heterocycles. The van der Waals surface area contributed by atoms with Gasteiger partial charge in [-0.3, -0.25) is 4.57 Å². The van der Waals surface area contributed by atoms with Gasteiger partial charge in [0.1, 0.15) is 0 Å². The number of fused-ring (bicyclic) bond motifs is 14. The largest absolute Gasteiger partial charge is 0.277 e. The van der Waals surface area contributed by atoms with Gasteiger partial charge >= 0.3 is 0 Å². The molecule has 0 radical (unpaired) electrons. The predicted molar refractivity (Wildman–Crippen MR) is 226 cm³/mol. The van der Waals surface area contributed by atoms with Crippen molar-refractivity contribution in [1.82, 2.24) is 14.5 Å². The minimum atomic E-state index is -0.464. The second kappa shape index (κ2) is 11.6. The Morgan fingerprint density at radius 3 is 1.69 bits per heavy atom. The minimum Gasteiger partial charge on any atom is -0.277 e. The Hall–Kier alpha value is -6.75. The van der Waals surface area contributed by atoms with Gasteiger partial charge in [0.25, 0.3) is 0 Å². The van der Waals surface area contributed by atoms with Crippen LogP contribution in [0.25, 0.3) is 72.2 Å². The third kappa shape index (κ3) is 4.29. The first kappa shape index (κ1) is 30.7. The average molecular weight is 718 g/mol.